The van der Waals surface area contributed by atoms with Crippen molar-refractivity contribution in [2.75, 3.05) is 0 Å². The Bertz CT molecular complexity index is 2880. The van der Waals surface area contributed by atoms with Crippen LogP contribution in [0, 0.1) is 0 Å². The van der Waals surface area contributed by atoms with Gasteiger partial charge in [0.15, 0.2) is 5.82 Å². The molecule has 0 saturated heterocycles. The molecule has 0 spiro atoms. The van der Waals surface area contributed by atoms with Crippen LogP contribution in [-0.4, -0.2) is 15.0 Å². The average Bonchev–Trinajstić information content (AvgIpc) is 3.26. The maximum absolute atomic E-state index is 5.20. The van der Waals surface area contributed by atoms with Crippen molar-refractivity contribution in [2.45, 2.75) is 0 Å². The van der Waals surface area contributed by atoms with E-state index in [4.69, 9.17) is 15.0 Å². The Hall–Kier alpha value is -7.23. The summed E-state index contributed by atoms with van der Waals surface area (Å²) in [6, 6.07) is 70.4. The van der Waals surface area contributed by atoms with Crippen LogP contribution in [0.4, 0.5) is 0 Å². The van der Waals surface area contributed by atoms with Crippen LogP contribution < -0.4 is 0 Å². The van der Waals surface area contributed by atoms with Gasteiger partial charge in [0.2, 0.25) is 0 Å². The summed E-state index contributed by atoms with van der Waals surface area (Å²) in [5, 5.41) is 6.09. The lowest BCUT2D eigenvalue weighted by Crippen LogP contribution is -1.95. The average molecular weight is 688 g/mol. The van der Waals surface area contributed by atoms with Gasteiger partial charge in [0.05, 0.1) is 22.6 Å². The van der Waals surface area contributed by atoms with Crippen LogP contribution in [-0.2, 0) is 0 Å². The summed E-state index contributed by atoms with van der Waals surface area (Å²) >= 11 is 0. The maximum Gasteiger partial charge on any atom is 0.160 e. The molecular formula is C51H33N3. The van der Waals surface area contributed by atoms with Gasteiger partial charge in [0.1, 0.15) is 0 Å². The summed E-state index contributed by atoms with van der Waals surface area (Å²) in [7, 11) is 0. The zero-order valence-corrected chi connectivity index (χ0v) is 29.4. The molecule has 10 rings (SSSR count). The first-order chi connectivity index (χ1) is 26.7. The van der Waals surface area contributed by atoms with E-state index in [2.05, 4.69) is 164 Å². The van der Waals surface area contributed by atoms with E-state index < -0.39 is 0 Å². The minimum atomic E-state index is 0.716. The third-order valence-electron chi connectivity index (χ3n) is 10.3. The molecule has 0 aliphatic heterocycles. The fourth-order valence-corrected chi connectivity index (χ4v) is 7.54. The summed E-state index contributed by atoms with van der Waals surface area (Å²) in [6.45, 7) is 0. The number of rotatable bonds is 6. The van der Waals surface area contributed by atoms with Crippen molar-refractivity contribution in [3.05, 3.63) is 200 Å². The first-order valence-corrected chi connectivity index (χ1v) is 18.3. The van der Waals surface area contributed by atoms with E-state index in [1.54, 1.807) is 0 Å². The lowest BCUT2D eigenvalue weighted by atomic mass is 9.94. The Labute approximate surface area is 313 Å². The van der Waals surface area contributed by atoms with E-state index in [9.17, 15) is 0 Å². The SMILES string of the molecule is c1ccc(-c2cc(-c3ccc(-c4cccc(-c5ccc(-c6nc7ccccc7c7c6ccc6ccccc67)cc5)c4)cc3)nc(-c3ccccc3)n2)cc1. The van der Waals surface area contributed by atoms with Gasteiger partial charge in [-0.05, 0) is 51.2 Å². The highest BCUT2D eigenvalue weighted by Gasteiger charge is 2.14. The van der Waals surface area contributed by atoms with Crippen molar-refractivity contribution >= 4 is 32.4 Å². The van der Waals surface area contributed by atoms with Gasteiger partial charge in [-0.2, -0.15) is 0 Å². The fourth-order valence-electron chi connectivity index (χ4n) is 7.54. The van der Waals surface area contributed by atoms with E-state index in [1.165, 1.54) is 32.5 Å². The topological polar surface area (TPSA) is 38.7 Å². The highest BCUT2D eigenvalue weighted by atomic mass is 14.9. The second-order valence-corrected chi connectivity index (χ2v) is 13.6. The van der Waals surface area contributed by atoms with Crippen LogP contribution >= 0.6 is 0 Å². The zero-order valence-electron chi connectivity index (χ0n) is 29.4. The second-order valence-electron chi connectivity index (χ2n) is 13.6. The third kappa shape index (κ3) is 5.78. The largest absolute Gasteiger partial charge is 0.247 e. The summed E-state index contributed by atoms with van der Waals surface area (Å²) in [4.78, 5) is 15.2. The zero-order chi connectivity index (χ0) is 35.8. The molecule has 3 nitrogen and oxygen atoms in total. The molecule has 0 fully saturated rings. The predicted molar refractivity (Wildman–Crippen MR) is 225 cm³/mol. The molecule has 0 aliphatic carbocycles. The van der Waals surface area contributed by atoms with Crippen LogP contribution in [0.15, 0.2) is 200 Å². The molecule has 0 bridgehead atoms. The molecule has 0 atom stereocenters. The molecule has 2 aromatic heterocycles. The number of aromatic nitrogens is 3. The minimum absolute atomic E-state index is 0.716. The standard InChI is InChI=1S/C51H33N3/c1-3-13-37(14-4-1)47-33-48(54-51(53-47)40-15-5-2-6-16-40)38-26-22-34(23-27-38)41-17-11-18-42(32-41)35-24-28-39(29-25-35)50-45-31-30-36-12-7-8-19-43(36)49(45)44-20-9-10-21-46(44)52-50/h1-33H. The highest BCUT2D eigenvalue weighted by molar-refractivity contribution is 6.22. The van der Waals surface area contributed by atoms with Crippen LogP contribution in [0.2, 0.25) is 0 Å². The third-order valence-corrected chi connectivity index (χ3v) is 10.3. The Morgan fingerprint density at radius 2 is 0.796 bits per heavy atom. The number of benzene rings is 8. The lowest BCUT2D eigenvalue weighted by molar-refractivity contribution is 1.18. The van der Waals surface area contributed by atoms with Gasteiger partial charge in [0.25, 0.3) is 0 Å². The van der Waals surface area contributed by atoms with Gasteiger partial charge in [-0.1, -0.05) is 182 Å². The number of para-hydroxylation sites is 1. The van der Waals surface area contributed by atoms with E-state index in [1.807, 2.05) is 36.4 Å². The Balaban J connectivity index is 0.974. The molecule has 3 heteroatoms. The predicted octanol–water partition coefficient (Wildman–Crippen LogP) is 13.3. The van der Waals surface area contributed by atoms with E-state index in [-0.39, 0.29) is 0 Å². The van der Waals surface area contributed by atoms with Crippen molar-refractivity contribution in [1.82, 2.24) is 15.0 Å². The number of hydrogen-bond donors (Lipinski definition) is 0. The minimum Gasteiger partial charge on any atom is -0.247 e. The molecule has 54 heavy (non-hydrogen) atoms. The number of fused-ring (bicyclic) bond motifs is 5. The van der Waals surface area contributed by atoms with Crippen molar-refractivity contribution in [1.29, 1.82) is 0 Å². The summed E-state index contributed by atoms with van der Waals surface area (Å²) in [6.07, 6.45) is 0. The van der Waals surface area contributed by atoms with E-state index >= 15 is 0 Å². The molecule has 2 heterocycles. The first-order valence-electron chi connectivity index (χ1n) is 18.3. The molecule has 0 N–H and O–H groups in total. The Morgan fingerprint density at radius 1 is 0.278 bits per heavy atom. The number of nitrogens with zero attached hydrogens (tertiary/aromatic N) is 3. The van der Waals surface area contributed by atoms with E-state index in [0.717, 1.165) is 61.5 Å². The lowest BCUT2D eigenvalue weighted by Gasteiger charge is -2.13. The fraction of sp³-hybridized carbons (Fsp3) is 0. The normalized spacial score (nSPS) is 11.3. The van der Waals surface area contributed by atoms with Crippen LogP contribution in [0.5, 0.6) is 0 Å². The first kappa shape index (κ1) is 31.5. The van der Waals surface area contributed by atoms with Gasteiger partial charge < -0.3 is 0 Å². The van der Waals surface area contributed by atoms with Crippen molar-refractivity contribution in [3.8, 4) is 67.4 Å². The summed E-state index contributed by atoms with van der Waals surface area (Å²) in [5.41, 5.74) is 12.7. The molecule has 0 unspecified atom stereocenters. The highest BCUT2D eigenvalue weighted by Crippen LogP contribution is 2.38. The van der Waals surface area contributed by atoms with Crippen molar-refractivity contribution in [2.24, 2.45) is 0 Å². The van der Waals surface area contributed by atoms with E-state index in [0.29, 0.717) is 5.82 Å². The smallest absolute Gasteiger partial charge is 0.160 e. The molecule has 8 aromatic carbocycles. The van der Waals surface area contributed by atoms with Gasteiger partial charge in [-0.15, -0.1) is 0 Å². The summed E-state index contributed by atoms with van der Waals surface area (Å²) < 4.78 is 0. The van der Waals surface area contributed by atoms with Crippen LogP contribution in [0.1, 0.15) is 0 Å². The van der Waals surface area contributed by atoms with Crippen LogP contribution in [0.25, 0.3) is 99.9 Å². The molecule has 252 valence electrons. The molecule has 0 saturated carbocycles. The number of pyridine rings is 1. The van der Waals surface area contributed by atoms with Gasteiger partial charge in [0, 0.05) is 38.4 Å². The molecule has 0 radical (unpaired) electrons. The molecule has 0 amide bonds. The monoisotopic (exact) mass is 687 g/mol. The summed E-state index contributed by atoms with van der Waals surface area (Å²) in [5.74, 6) is 0.716. The molecular weight excluding hydrogens is 655 g/mol. The van der Waals surface area contributed by atoms with Gasteiger partial charge >= 0.3 is 0 Å². The Morgan fingerprint density at radius 3 is 1.48 bits per heavy atom. The number of hydrogen-bond acceptors (Lipinski definition) is 3. The van der Waals surface area contributed by atoms with Crippen LogP contribution in [0.3, 0.4) is 0 Å². The van der Waals surface area contributed by atoms with Crippen molar-refractivity contribution < 1.29 is 0 Å². The van der Waals surface area contributed by atoms with Crippen molar-refractivity contribution in [3.63, 3.8) is 0 Å². The van der Waals surface area contributed by atoms with Gasteiger partial charge in [-0.25, -0.2) is 15.0 Å². The molecule has 0 aliphatic rings. The second kappa shape index (κ2) is 13.4. The quantitative estimate of drug-likeness (QED) is 0.163. The maximum atomic E-state index is 5.20. The molecule has 10 aromatic rings. The van der Waals surface area contributed by atoms with Gasteiger partial charge in [-0.3, -0.25) is 0 Å². The Kier molecular flexibility index (Phi) is 7.81.